The lowest BCUT2D eigenvalue weighted by Crippen LogP contribution is -2.46. The van der Waals surface area contributed by atoms with Crippen LogP contribution in [0.1, 0.15) is 12.8 Å². The van der Waals surface area contributed by atoms with Crippen molar-refractivity contribution in [2.24, 2.45) is 0 Å². The van der Waals surface area contributed by atoms with Crippen molar-refractivity contribution in [3.63, 3.8) is 0 Å². The first-order valence-electron chi connectivity index (χ1n) is 3.36. The Labute approximate surface area is 68.3 Å². The quantitative estimate of drug-likeness (QED) is 0.549. The van der Waals surface area contributed by atoms with Gasteiger partial charge in [-0.15, -0.1) is 0 Å². The molecule has 0 aromatic heterocycles. The van der Waals surface area contributed by atoms with Crippen molar-refractivity contribution in [3.05, 3.63) is 0 Å². The van der Waals surface area contributed by atoms with Gasteiger partial charge in [-0.05, 0) is 0 Å². The summed E-state index contributed by atoms with van der Waals surface area (Å²) in [5, 5.41) is 9.69. The number of imide groups is 1. The van der Waals surface area contributed by atoms with Crippen LogP contribution in [0.2, 0.25) is 0 Å². The van der Waals surface area contributed by atoms with Crippen LogP contribution in [0.25, 0.3) is 0 Å². The Kier molecular flexibility index (Phi) is 1.99. The number of nitrogens with zero attached hydrogens (tertiary/aromatic N) is 2. The maximum atomic E-state index is 10.9. The average Bonchev–Trinajstić information content (AvgIpc) is 2.30. The van der Waals surface area contributed by atoms with E-state index in [9.17, 15) is 14.4 Å². The SMILES string of the molecule is CN(C(=O)O)N1C(=O)CCC1=O. The van der Waals surface area contributed by atoms with E-state index in [2.05, 4.69) is 0 Å². The van der Waals surface area contributed by atoms with Crippen LogP contribution < -0.4 is 0 Å². The Morgan fingerprint density at radius 3 is 2.17 bits per heavy atom. The highest BCUT2D eigenvalue weighted by atomic mass is 16.4. The van der Waals surface area contributed by atoms with Gasteiger partial charge in [-0.1, -0.05) is 0 Å². The molecule has 0 aromatic carbocycles. The molecule has 1 fully saturated rings. The predicted molar refractivity (Wildman–Crippen MR) is 36.9 cm³/mol. The third kappa shape index (κ3) is 1.23. The molecule has 66 valence electrons. The summed E-state index contributed by atoms with van der Waals surface area (Å²) in [6.45, 7) is 0. The van der Waals surface area contributed by atoms with E-state index in [4.69, 9.17) is 5.11 Å². The van der Waals surface area contributed by atoms with Gasteiger partial charge in [0, 0.05) is 19.9 Å². The molecule has 0 aromatic rings. The predicted octanol–water partition coefficient (Wildman–Crippen LogP) is -0.340. The molecule has 6 nitrogen and oxygen atoms in total. The van der Waals surface area contributed by atoms with Gasteiger partial charge in [-0.25, -0.2) is 9.80 Å². The van der Waals surface area contributed by atoms with Crippen molar-refractivity contribution >= 4 is 17.9 Å². The second-order valence-electron chi connectivity index (χ2n) is 2.41. The maximum absolute atomic E-state index is 10.9. The zero-order chi connectivity index (χ0) is 9.30. The molecular weight excluding hydrogens is 164 g/mol. The van der Waals surface area contributed by atoms with Crippen molar-refractivity contribution in [1.82, 2.24) is 10.0 Å². The largest absolute Gasteiger partial charge is 0.464 e. The van der Waals surface area contributed by atoms with Crippen molar-refractivity contribution in [2.45, 2.75) is 12.8 Å². The normalized spacial score (nSPS) is 16.9. The summed E-state index contributed by atoms with van der Waals surface area (Å²) in [6.07, 6.45) is -1.13. The van der Waals surface area contributed by atoms with E-state index in [0.29, 0.717) is 10.0 Å². The first kappa shape index (κ1) is 8.51. The molecule has 0 radical (unpaired) electrons. The van der Waals surface area contributed by atoms with E-state index in [-0.39, 0.29) is 12.8 Å². The number of hydrogen-bond acceptors (Lipinski definition) is 3. The minimum Gasteiger partial charge on any atom is -0.464 e. The number of carbonyl (C=O) groups excluding carboxylic acids is 2. The first-order valence-corrected chi connectivity index (χ1v) is 3.36. The lowest BCUT2D eigenvalue weighted by atomic mass is 10.4. The molecule has 3 amide bonds. The second-order valence-corrected chi connectivity index (χ2v) is 2.41. The van der Waals surface area contributed by atoms with Crippen LogP contribution in [0.3, 0.4) is 0 Å². The van der Waals surface area contributed by atoms with Gasteiger partial charge in [0.25, 0.3) is 0 Å². The third-order valence-corrected chi connectivity index (χ3v) is 1.60. The smallest absolute Gasteiger partial charge is 0.426 e. The number of hydrogen-bond donors (Lipinski definition) is 1. The molecule has 1 aliphatic heterocycles. The van der Waals surface area contributed by atoms with E-state index in [0.717, 1.165) is 7.05 Å². The van der Waals surface area contributed by atoms with Gasteiger partial charge in [-0.3, -0.25) is 9.59 Å². The molecule has 0 atom stereocenters. The molecule has 1 aliphatic rings. The molecule has 0 saturated carbocycles. The molecular formula is C6H8N2O4. The fourth-order valence-corrected chi connectivity index (χ4v) is 0.985. The molecule has 1 rings (SSSR count). The summed E-state index contributed by atoms with van der Waals surface area (Å²) in [7, 11) is 1.16. The van der Waals surface area contributed by atoms with Gasteiger partial charge in [-0.2, -0.15) is 5.01 Å². The number of rotatable bonds is 1. The van der Waals surface area contributed by atoms with E-state index >= 15 is 0 Å². The van der Waals surface area contributed by atoms with Crippen LogP contribution in [0.5, 0.6) is 0 Å². The summed E-state index contributed by atoms with van der Waals surface area (Å²) in [5.41, 5.74) is 0. The monoisotopic (exact) mass is 172 g/mol. The molecule has 12 heavy (non-hydrogen) atoms. The van der Waals surface area contributed by atoms with E-state index in [1.807, 2.05) is 0 Å². The number of carbonyl (C=O) groups is 3. The van der Waals surface area contributed by atoms with Crippen molar-refractivity contribution in [2.75, 3.05) is 7.05 Å². The number of amides is 3. The Balaban J connectivity index is 2.79. The van der Waals surface area contributed by atoms with Gasteiger partial charge in [0.2, 0.25) is 11.8 Å². The van der Waals surface area contributed by atoms with Crippen LogP contribution in [0.15, 0.2) is 0 Å². The molecule has 0 aliphatic carbocycles. The van der Waals surface area contributed by atoms with Crippen molar-refractivity contribution < 1.29 is 19.5 Å². The summed E-state index contributed by atoms with van der Waals surface area (Å²) in [5.74, 6) is -0.935. The lowest BCUT2D eigenvalue weighted by Gasteiger charge is -2.22. The minimum absolute atomic E-state index is 0.0937. The fourth-order valence-electron chi connectivity index (χ4n) is 0.985. The van der Waals surface area contributed by atoms with E-state index in [1.54, 1.807) is 0 Å². The Morgan fingerprint density at radius 2 is 1.83 bits per heavy atom. The minimum atomic E-state index is -1.32. The Hall–Kier alpha value is -1.59. The molecule has 6 heteroatoms. The average molecular weight is 172 g/mol. The van der Waals surface area contributed by atoms with Crippen LogP contribution in [-0.2, 0) is 9.59 Å². The zero-order valence-corrected chi connectivity index (χ0v) is 6.48. The van der Waals surface area contributed by atoms with Gasteiger partial charge in [0.15, 0.2) is 0 Å². The van der Waals surface area contributed by atoms with Crippen LogP contribution in [0, 0.1) is 0 Å². The highest BCUT2D eigenvalue weighted by molar-refractivity contribution is 6.02. The van der Waals surface area contributed by atoms with Crippen molar-refractivity contribution in [1.29, 1.82) is 0 Å². The van der Waals surface area contributed by atoms with Gasteiger partial charge >= 0.3 is 6.09 Å². The second kappa shape index (κ2) is 2.80. The topological polar surface area (TPSA) is 77.9 Å². The molecule has 1 heterocycles. The fraction of sp³-hybridized carbons (Fsp3) is 0.500. The molecule has 0 bridgehead atoms. The van der Waals surface area contributed by atoms with Crippen LogP contribution >= 0.6 is 0 Å². The molecule has 0 unspecified atom stereocenters. The zero-order valence-electron chi connectivity index (χ0n) is 6.48. The summed E-state index contributed by atoms with van der Waals surface area (Å²) in [6, 6.07) is 0. The standard InChI is InChI=1S/C6H8N2O4/c1-7(6(11)12)8-4(9)2-3-5(8)10/h2-3H2,1H3,(H,11,12). The highest BCUT2D eigenvalue weighted by Gasteiger charge is 2.34. The van der Waals surface area contributed by atoms with Crippen molar-refractivity contribution in [3.8, 4) is 0 Å². The Morgan fingerprint density at radius 1 is 1.42 bits per heavy atom. The van der Waals surface area contributed by atoms with Crippen LogP contribution in [-0.4, -0.2) is 40.1 Å². The molecule has 1 N–H and O–H groups in total. The number of hydrazine groups is 1. The number of carboxylic acid groups (broad SMARTS) is 1. The first-order chi connectivity index (χ1) is 5.54. The van der Waals surface area contributed by atoms with E-state index in [1.165, 1.54) is 0 Å². The molecule has 0 spiro atoms. The third-order valence-electron chi connectivity index (χ3n) is 1.60. The maximum Gasteiger partial charge on any atom is 0.426 e. The van der Waals surface area contributed by atoms with Gasteiger partial charge < -0.3 is 5.11 Å². The van der Waals surface area contributed by atoms with Crippen LogP contribution in [0.4, 0.5) is 4.79 Å². The molecule has 1 saturated heterocycles. The van der Waals surface area contributed by atoms with E-state index < -0.39 is 17.9 Å². The summed E-state index contributed by atoms with van der Waals surface area (Å²) in [4.78, 5) is 32.2. The lowest BCUT2D eigenvalue weighted by molar-refractivity contribution is -0.152. The van der Waals surface area contributed by atoms with Gasteiger partial charge in [0.05, 0.1) is 0 Å². The summed E-state index contributed by atoms with van der Waals surface area (Å²) < 4.78 is 0. The van der Waals surface area contributed by atoms with Gasteiger partial charge in [0.1, 0.15) is 0 Å². The summed E-state index contributed by atoms with van der Waals surface area (Å²) >= 11 is 0. The highest BCUT2D eigenvalue weighted by Crippen LogP contribution is 2.13. The Bertz CT molecular complexity index is 234.